The Kier molecular flexibility index (Phi) is 4.61. The minimum Gasteiger partial charge on any atom is -0.308 e. The van der Waals surface area contributed by atoms with Crippen LogP contribution in [0.2, 0.25) is 0 Å². The van der Waals surface area contributed by atoms with Crippen molar-refractivity contribution in [2.45, 2.75) is 13.1 Å². The van der Waals surface area contributed by atoms with Gasteiger partial charge in [-0.25, -0.2) is 13.2 Å². The number of benzene rings is 2. The molecule has 100 valence electrons. The molecule has 0 aliphatic rings. The van der Waals surface area contributed by atoms with Crippen molar-refractivity contribution in [1.82, 2.24) is 5.32 Å². The molecule has 2 aromatic rings. The molecule has 0 fully saturated rings. The summed E-state index contributed by atoms with van der Waals surface area (Å²) in [5.41, 5.74) is 0.962. The number of rotatable bonds is 4. The van der Waals surface area contributed by atoms with E-state index in [0.29, 0.717) is 6.54 Å². The first-order valence-electron chi connectivity index (χ1n) is 5.65. The Hall–Kier alpha value is -1.33. The molecule has 0 bridgehead atoms. The Bertz CT molecular complexity index is 535. The Morgan fingerprint density at radius 1 is 0.842 bits per heavy atom. The smallest absolute Gasteiger partial charge is 0.127 e. The molecule has 0 atom stereocenters. The maximum absolute atomic E-state index is 13.4. The van der Waals surface area contributed by atoms with Gasteiger partial charge in [-0.15, -0.1) is 0 Å². The SMILES string of the molecule is Fc1ccc(F)c(CNCc2cc(F)ccc2Br)c1. The lowest BCUT2D eigenvalue weighted by Gasteiger charge is -2.08. The predicted octanol–water partition coefficient (Wildman–Crippen LogP) is 4.16. The van der Waals surface area contributed by atoms with E-state index in [2.05, 4.69) is 21.2 Å². The van der Waals surface area contributed by atoms with E-state index >= 15 is 0 Å². The van der Waals surface area contributed by atoms with Gasteiger partial charge in [0.25, 0.3) is 0 Å². The Morgan fingerprint density at radius 2 is 1.42 bits per heavy atom. The van der Waals surface area contributed by atoms with Crippen molar-refractivity contribution in [3.8, 4) is 0 Å². The van der Waals surface area contributed by atoms with E-state index in [-0.39, 0.29) is 17.9 Å². The second-order valence-electron chi connectivity index (χ2n) is 4.08. The molecule has 0 amide bonds. The zero-order valence-corrected chi connectivity index (χ0v) is 11.5. The fourth-order valence-corrected chi connectivity index (χ4v) is 2.08. The Labute approximate surface area is 117 Å². The highest BCUT2D eigenvalue weighted by Crippen LogP contribution is 2.18. The maximum atomic E-state index is 13.4. The van der Waals surface area contributed by atoms with E-state index in [4.69, 9.17) is 0 Å². The molecule has 5 heteroatoms. The van der Waals surface area contributed by atoms with Crippen molar-refractivity contribution < 1.29 is 13.2 Å². The van der Waals surface area contributed by atoms with Gasteiger partial charge in [0.05, 0.1) is 0 Å². The molecule has 1 N–H and O–H groups in total. The normalized spacial score (nSPS) is 10.7. The van der Waals surface area contributed by atoms with Crippen molar-refractivity contribution in [3.63, 3.8) is 0 Å². The predicted molar refractivity (Wildman–Crippen MR) is 71.0 cm³/mol. The summed E-state index contributed by atoms with van der Waals surface area (Å²) in [6.45, 7) is 0.529. The van der Waals surface area contributed by atoms with Crippen LogP contribution in [0.15, 0.2) is 40.9 Å². The topological polar surface area (TPSA) is 12.0 Å². The third kappa shape index (κ3) is 3.81. The summed E-state index contributed by atoms with van der Waals surface area (Å²) >= 11 is 3.30. The van der Waals surface area contributed by atoms with E-state index in [1.807, 2.05) is 0 Å². The van der Waals surface area contributed by atoms with Crippen LogP contribution in [-0.4, -0.2) is 0 Å². The van der Waals surface area contributed by atoms with Crippen LogP contribution in [0.4, 0.5) is 13.2 Å². The molecule has 1 nitrogen and oxygen atoms in total. The summed E-state index contributed by atoms with van der Waals surface area (Å²) < 4.78 is 40.1. The first-order chi connectivity index (χ1) is 9.06. The fourth-order valence-electron chi connectivity index (χ4n) is 1.69. The zero-order valence-electron chi connectivity index (χ0n) is 9.89. The molecule has 0 radical (unpaired) electrons. The van der Waals surface area contributed by atoms with Gasteiger partial charge in [0.1, 0.15) is 17.5 Å². The molecule has 0 aromatic heterocycles. The van der Waals surface area contributed by atoms with Gasteiger partial charge in [0.15, 0.2) is 0 Å². The van der Waals surface area contributed by atoms with Gasteiger partial charge in [-0.3, -0.25) is 0 Å². The highest BCUT2D eigenvalue weighted by atomic mass is 79.9. The highest BCUT2D eigenvalue weighted by Gasteiger charge is 2.05. The molecule has 2 aromatic carbocycles. The molecule has 19 heavy (non-hydrogen) atoms. The monoisotopic (exact) mass is 329 g/mol. The van der Waals surface area contributed by atoms with Crippen molar-refractivity contribution >= 4 is 15.9 Å². The molecule has 2 rings (SSSR count). The molecule has 0 aliphatic heterocycles. The lowest BCUT2D eigenvalue weighted by atomic mass is 10.2. The summed E-state index contributed by atoms with van der Waals surface area (Å²) in [5, 5.41) is 2.95. The first-order valence-corrected chi connectivity index (χ1v) is 6.44. The van der Waals surface area contributed by atoms with Crippen LogP contribution in [0.3, 0.4) is 0 Å². The molecule has 0 saturated carbocycles. The van der Waals surface area contributed by atoms with Crippen LogP contribution in [0.5, 0.6) is 0 Å². The Morgan fingerprint density at radius 3 is 2.16 bits per heavy atom. The average molecular weight is 330 g/mol. The summed E-state index contributed by atoms with van der Waals surface area (Å²) in [4.78, 5) is 0. The quantitative estimate of drug-likeness (QED) is 0.888. The summed E-state index contributed by atoms with van der Waals surface area (Å²) in [6.07, 6.45) is 0. The molecule has 0 saturated heterocycles. The zero-order chi connectivity index (χ0) is 13.8. The minimum absolute atomic E-state index is 0.173. The molecule has 0 spiro atoms. The van der Waals surface area contributed by atoms with E-state index in [1.165, 1.54) is 12.1 Å². The lowest BCUT2D eigenvalue weighted by molar-refractivity contribution is 0.567. The van der Waals surface area contributed by atoms with Crippen molar-refractivity contribution in [2.24, 2.45) is 0 Å². The van der Waals surface area contributed by atoms with Gasteiger partial charge in [0.2, 0.25) is 0 Å². The minimum atomic E-state index is -0.481. The van der Waals surface area contributed by atoms with Crippen molar-refractivity contribution in [1.29, 1.82) is 0 Å². The largest absolute Gasteiger partial charge is 0.308 e. The van der Waals surface area contributed by atoms with E-state index < -0.39 is 11.6 Å². The lowest BCUT2D eigenvalue weighted by Crippen LogP contribution is -2.14. The molecular formula is C14H11BrF3N. The maximum Gasteiger partial charge on any atom is 0.127 e. The summed E-state index contributed by atoms with van der Waals surface area (Å²) in [6, 6.07) is 7.64. The van der Waals surface area contributed by atoms with Crippen molar-refractivity contribution in [3.05, 3.63) is 69.4 Å². The van der Waals surface area contributed by atoms with Crippen LogP contribution in [-0.2, 0) is 13.1 Å². The Balaban J connectivity index is 2.00. The van der Waals surface area contributed by atoms with Gasteiger partial charge in [-0.2, -0.15) is 0 Å². The number of halogens is 4. The van der Waals surface area contributed by atoms with Crippen LogP contribution >= 0.6 is 15.9 Å². The molecule has 0 aliphatic carbocycles. The highest BCUT2D eigenvalue weighted by molar-refractivity contribution is 9.10. The first kappa shape index (κ1) is 14.1. The van der Waals surface area contributed by atoms with Crippen molar-refractivity contribution in [2.75, 3.05) is 0 Å². The van der Waals surface area contributed by atoms with Crippen LogP contribution in [0.1, 0.15) is 11.1 Å². The van der Waals surface area contributed by atoms with Crippen LogP contribution in [0, 0.1) is 17.5 Å². The van der Waals surface area contributed by atoms with E-state index in [1.54, 1.807) is 6.07 Å². The molecule has 0 unspecified atom stereocenters. The number of hydrogen-bond donors (Lipinski definition) is 1. The average Bonchev–Trinajstić information content (AvgIpc) is 2.38. The third-order valence-corrected chi connectivity index (χ3v) is 3.42. The van der Waals surface area contributed by atoms with E-state index in [9.17, 15) is 13.2 Å². The molecule has 0 heterocycles. The standard InChI is InChI=1S/C14H11BrF3N/c15-13-3-1-11(16)5-9(13)7-19-8-10-6-12(17)2-4-14(10)18/h1-6,19H,7-8H2. The van der Waals surface area contributed by atoms with Gasteiger partial charge < -0.3 is 5.32 Å². The second-order valence-corrected chi connectivity index (χ2v) is 4.93. The third-order valence-electron chi connectivity index (χ3n) is 2.65. The van der Waals surface area contributed by atoms with Gasteiger partial charge in [-0.05, 0) is 42.0 Å². The summed E-state index contributed by atoms with van der Waals surface area (Å²) in [5.74, 6) is -1.28. The van der Waals surface area contributed by atoms with Gasteiger partial charge in [0, 0.05) is 23.1 Å². The van der Waals surface area contributed by atoms with Gasteiger partial charge >= 0.3 is 0 Å². The van der Waals surface area contributed by atoms with E-state index in [0.717, 1.165) is 28.2 Å². The van der Waals surface area contributed by atoms with Crippen LogP contribution < -0.4 is 5.32 Å². The second kappa shape index (κ2) is 6.21. The fraction of sp³-hybridized carbons (Fsp3) is 0.143. The summed E-state index contributed by atoms with van der Waals surface area (Å²) in [7, 11) is 0. The molecular weight excluding hydrogens is 319 g/mol. The van der Waals surface area contributed by atoms with Gasteiger partial charge in [-0.1, -0.05) is 15.9 Å². The number of hydrogen-bond acceptors (Lipinski definition) is 1. The number of nitrogens with one attached hydrogen (secondary N) is 1. The van der Waals surface area contributed by atoms with Crippen LogP contribution in [0.25, 0.3) is 0 Å².